The number of rotatable bonds is 10. The lowest BCUT2D eigenvalue weighted by Gasteiger charge is -2.12. The molecule has 3 rings (SSSR count). The number of hydrogen-bond donors (Lipinski definition) is 1. The van der Waals surface area contributed by atoms with Crippen molar-refractivity contribution < 1.29 is 14.3 Å². The SMILES string of the molecule is CCOc1cc(/C=N\NC(=O)CSc2ccccc2)ccc1OCc1ccc(Cl)cc1. The number of nitrogens with one attached hydrogen (secondary N) is 1. The van der Waals surface area contributed by atoms with Gasteiger partial charge in [-0.1, -0.05) is 41.9 Å². The lowest BCUT2D eigenvalue weighted by atomic mass is 10.2. The highest BCUT2D eigenvalue weighted by Gasteiger charge is 2.07. The lowest BCUT2D eigenvalue weighted by molar-refractivity contribution is -0.118. The Morgan fingerprint density at radius 3 is 2.55 bits per heavy atom. The van der Waals surface area contributed by atoms with Crippen LogP contribution >= 0.6 is 23.4 Å². The Morgan fingerprint density at radius 1 is 1.03 bits per heavy atom. The maximum absolute atomic E-state index is 12.0. The number of amides is 1. The normalized spacial score (nSPS) is 10.8. The van der Waals surface area contributed by atoms with Gasteiger partial charge in [-0.2, -0.15) is 5.10 Å². The standard InChI is InChI=1S/C24H23ClN2O3S/c1-2-29-23-14-19(10-13-22(23)30-16-18-8-11-20(25)12-9-18)15-26-27-24(28)17-31-21-6-4-3-5-7-21/h3-15H,2,16-17H2,1H3,(H,27,28)/b26-15-. The predicted octanol–water partition coefficient (Wildman–Crippen LogP) is 5.56. The average Bonchev–Trinajstić information content (AvgIpc) is 2.79. The van der Waals surface area contributed by atoms with Gasteiger partial charge in [0.25, 0.3) is 0 Å². The van der Waals surface area contributed by atoms with Crippen LogP contribution in [-0.4, -0.2) is 24.5 Å². The third kappa shape index (κ3) is 7.66. The van der Waals surface area contributed by atoms with Crippen LogP contribution in [0.1, 0.15) is 18.1 Å². The molecule has 3 aromatic rings. The lowest BCUT2D eigenvalue weighted by Crippen LogP contribution is -2.19. The molecule has 7 heteroatoms. The smallest absolute Gasteiger partial charge is 0.250 e. The van der Waals surface area contributed by atoms with Crippen LogP contribution in [-0.2, 0) is 11.4 Å². The van der Waals surface area contributed by atoms with E-state index in [1.807, 2.05) is 79.7 Å². The summed E-state index contributed by atoms with van der Waals surface area (Å²) in [6.07, 6.45) is 1.58. The fourth-order valence-electron chi connectivity index (χ4n) is 2.61. The third-order valence-corrected chi connectivity index (χ3v) is 5.36. The highest BCUT2D eigenvalue weighted by atomic mass is 35.5. The summed E-state index contributed by atoms with van der Waals surface area (Å²) in [5.74, 6) is 1.38. The second-order valence-corrected chi connectivity index (χ2v) is 7.93. The first kappa shape index (κ1) is 22.7. The summed E-state index contributed by atoms with van der Waals surface area (Å²) >= 11 is 7.38. The van der Waals surface area contributed by atoms with Crippen molar-refractivity contribution in [1.82, 2.24) is 5.43 Å². The second kappa shape index (κ2) is 12.0. The summed E-state index contributed by atoms with van der Waals surface area (Å²) < 4.78 is 11.6. The number of ether oxygens (including phenoxy) is 2. The van der Waals surface area contributed by atoms with Crippen LogP contribution < -0.4 is 14.9 Å². The van der Waals surface area contributed by atoms with Crippen molar-refractivity contribution in [2.24, 2.45) is 5.10 Å². The van der Waals surface area contributed by atoms with Crippen molar-refractivity contribution in [3.05, 3.63) is 88.9 Å². The molecule has 0 saturated heterocycles. The molecule has 5 nitrogen and oxygen atoms in total. The predicted molar refractivity (Wildman–Crippen MR) is 126 cm³/mol. The quantitative estimate of drug-likeness (QED) is 0.247. The van der Waals surface area contributed by atoms with Crippen molar-refractivity contribution in [1.29, 1.82) is 0 Å². The minimum Gasteiger partial charge on any atom is -0.490 e. The minimum atomic E-state index is -0.168. The average molecular weight is 455 g/mol. The third-order valence-electron chi connectivity index (χ3n) is 4.09. The van der Waals surface area contributed by atoms with Gasteiger partial charge in [0.05, 0.1) is 18.6 Å². The molecule has 0 saturated carbocycles. The highest BCUT2D eigenvalue weighted by Crippen LogP contribution is 2.29. The summed E-state index contributed by atoms with van der Waals surface area (Å²) in [6.45, 7) is 2.82. The van der Waals surface area contributed by atoms with Crippen LogP contribution in [0.15, 0.2) is 82.8 Å². The van der Waals surface area contributed by atoms with Gasteiger partial charge in [0, 0.05) is 9.92 Å². The van der Waals surface area contributed by atoms with Gasteiger partial charge in [-0.25, -0.2) is 5.43 Å². The Hall–Kier alpha value is -2.96. The number of hydrogen-bond acceptors (Lipinski definition) is 5. The topological polar surface area (TPSA) is 59.9 Å². The van der Waals surface area contributed by atoms with E-state index in [1.165, 1.54) is 11.8 Å². The molecule has 0 heterocycles. The van der Waals surface area contributed by atoms with Crippen LogP contribution in [0, 0.1) is 0 Å². The van der Waals surface area contributed by atoms with Crippen molar-refractivity contribution in [2.45, 2.75) is 18.4 Å². The van der Waals surface area contributed by atoms with Crippen LogP contribution in [0.2, 0.25) is 5.02 Å². The van der Waals surface area contributed by atoms with Crippen molar-refractivity contribution in [2.75, 3.05) is 12.4 Å². The van der Waals surface area contributed by atoms with E-state index < -0.39 is 0 Å². The fourth-order valence-corrected chi connectivity index (χ4v) is 3.45. The zero-order chi connectivity index (χ0) is 21.9. The van der Waals surface area contributed by atoms with Crippen LogP contribution in [0.3, 0.4) is 0 Å². The number of thioether (sulfide) groups is 1. The van der Waals surface area contributed by atoms with Crippen LogP contribution in [0.4, 0.5) is 0 Å². The van der Waals surface area contributed by atoms with Crippen molar-refractivity contribution >= 4 is 35.5 Å². The molecule has 0 aromatic heterocycles. The fraction of sp³-hybridized carbons (Fsp3) is 0.167. The molecule has 0 spiro atoms. The maximum Gasteiger partial charge on any atom is 0.250 e. The van der Waals surface area contributed by atoms with Gasteiger partial charge < -0.3 is 9.47 Å². The Kier molecular flexibility index (Phi) is 8.82. The van der Waals surface area contributed by atoms with E-state index in [2.05, 4.69) is 10.5 Å². The molecule has 0 bridgehead atoms. The number of benzene rings is 3. The van der Waals surface area contributed by atoms with Gasteiger partial charge in [-0.05, 0) is 60.5 Å². The van der Waals surface area contributed by atoms with E-state index in [1.54, 1.807) is 6.21 Å². The van der Waals surface area contributed by atoms with Crippen molar-refractivity contribution in [3.8, 4) is 11.5 Å². The van der Waals surface area contributed by atoms with Gasteiger partial charge in [-0.15, -0.1) is 11.8 Å². The monoisotopic (exact) mass is 454 g/mol. The maximum atomic E-state index is 12.0. The second-order valence-electron chi connectivity index (χ2n) is 6.45. The summed E-state index contributed by atoms with van der Waals surface area (Å²) in [5.41, 5.74) is 4.34. The number of halogens is 1. The van der Waals surface area contributed by atoms with Crippen molar-refractivity contribution in [3.63, 3.8) is 0 Å². The first-order chi connectivity index (χ1) is 15.1. The van der Waals surface area contributed by atoms with E-state index in [0.29, 0.717) is 35.5 Å². The van der Waals surface area contributed by atoms with Crippen LogP contribution in [0.25, 0.3) is 0 Å². The molecular weight excluding hydrogens is 432 g/mol. The van der Waals surface area contributed by atoms with E-state index in [4.69, 9.17) is 21.1 Å². The molecule has 0 aliphatic heterocycles. The summed E-state index contributed by atoms with van der Waals surface area (Å²) in [7, 11) is 0. The van der Waals surface area contributed by atoms with E-state index in [-0.39, 0.29) is 5.91 Å². The molecule has 0 radical (unpaired) electrons. The first-order valence-electron chi connectivity index (χ1n) is 9.78. The Labute approximate surface area is 191 Å². The summed E-state index contributed by atoms with van der Waals surface area (Å²) in [5, 5.41) is 4.73. The largest absolute Gasteiger partial charge is 0.490 e. The number of carbonyl (C=O) groups excluding carboxylic acids is 1. The van der Waals surface area contributed by atoms with E-state index in [0.717, 1.165) is 16.0 Å². The summed E-state index contributed by atoms with van der Waals surface area (Å²) in [6, 6.07) is 22.8. The van der Waals surface area contributed by atoms with E-state index in [9.17, 15) is 4.79 Å². The number of hydrazone groups is 1. The van der Waals surface area contributed by atoms with Gasteiger partial charge in [0.15, 0.2) is 11.5 Å². The van der Waals surface area contributed by atoms with Crippen LogP contribution in [0.5, 0.6) is 11.5 Å². The van der Waals surface area contributed by atoms with Gasteiger partial charge in [0.1, 0.15) is 6.61 Å². The number of carbonyl (C=O) groups is 1. The first-order valence-corrected chi connectivity index (χ1v) is 11.1. The minimum absolute atomic E-state index is 0.168. The molecular formula is C24H23ClN2O3S. The molecule has 0 unspecified atom stereocenters. The molecule has 1 amide bonds. The molecule has 160 valence electrons. The van der Waals surface area contributed by atoms with Gasteiger partial charge in [-0.3, -0.25) is 4.79 Å². The molecule has 3 aromatic carbocycles. The molecule has 0 fully saturated rings. The Morgan fingerprint density at radius 2 is 1.81 bits per heavy atom. The molecule has 31 heavy (non-hydrogen) atoms. The molecule has 0 aliphatic carbocycles. The summed E-state index contributed by atoms with van der Waals surface area (Å²) in [4.78, 5) is 13.0. The zero-order valence-corrected chi connectivity index (χ0v) is 18.7. The van der Waals surface area contributed by atoms with Gasteiger partial charge in [0.2, 0.25) is 5.91 Å². The Bertz CT molecular complexity index is 1010. The Balaban J connectivity index is 1.55. The molecule has 1 N–H and O–H groups in total. The number of nitrogens with zero attached hydrogens (tertiary/aromatic N) is 1. The molecule has 0 aliphatic rings. The highest BCUT2D eigenvalue weighted by molar-refractivity contribution is 8.00. The molecule has 0 atom stereocenters. The zero-order valence-electron chi connectivity index (χ0n) is 17.1. The van der Waals surface area contributed by atoms with Gasteiger partial charge >= 0.3 is 0 Å². The van der Waals surface area contributed by atoms with E-state index >= 15 is 0 Å².